The van der Waals surface area contributed by atoms with E-state index >= 15 is 0 Å². The van der Waals surface area contributed by atoms with Crippen LogP contribution in [0.15, 0.2) is 36.7 Å². The van der Waals surface area contributed by atoms with Crippen molar-refractivity contribution in [2.75, 3.05) is 29.6 Å². The topological polar surface area (TPSA) is 128 Å². The number of nitrogen functional groups attached to an aromatic ring is 1. The van der Waals surface area contributed by atoms with Gasteiger partial charge in [0, 0.05) is 12.1 Å². The quantitative estimate of drug-likeness (QED) is 0.518. The van der Waals surface area contributed by atoms with Gasteiger partial charge in [-0.15, -0.1) is 0 Å². The largest absolute Gasteiger partial charge is 0.486 e. The van der Waals surface area contributed by atoms with Crippen molar-refractivity contribution in [3.8, 4) is 5.75 Å². The van der Waals surface area contributed by atoms with Crippen molar-refractivity contribution in [2.45, 2.75) is 19.4 Å². The van der Waals surface area contributed by atoms with Crippen LogP contribution in [0.5, 0.6) is 5.75 Å². The zero-order valence-corrected chi connectivity index (χ0v) is 17.9. The van der Waals surface area contributed by atoms with E-state index < -0.39 is 17.6 Å². The number of hydrogen-bond acceptors (Lipinski definition) is 8. The van der Waals surface area contributed by atoms with Crippen LogP contribution < -0.4 is 21.1 Å². The number of pyridine rings is 1. The fourth-order valence-corrected chi connectivity index (χ4v) is 3.64. The molecule has 4 rings (SSSR count). The molecule has 0 unspecified atom stereocenters. The molecule has 0 bridgehead atoms. The molecule has 1 saturated heterocycles. The molecule has 3 aromatic rings. The third-order valence-electron chi connectivity index (χ3n) is 4.72. The van der Waals surface area contributed by atoms with Crippen LogP contribution in [0, 0.1) is 12.7 Å². The molecule has 2 amide bonds. The molecular weight excluding hydrogens is 437 g/mol. The molecule has 9 nitrogen and oxygen atoms in total. The van der Waals surface area contributed by atoms with Gasteiger partial charge in [-0.2, -0.15) is 0 Å². The van der Waals surface area contributed by atoms with Crippen LogP contribution in [0.4, 0.5) is 21.0 Å². The highest BCUT2D eigenvalue weighted by molar-refractivity contribution is 7.17. The Morgan fingerprint density at radius 1 is 1.22 bits per heavy atom. The minimum absolute atomic E-state index is 0.0195. The number of halogens is 1. The first-order valence-electron chi connectivity index (χ1n) is 9.73. The average Bonchev–Trinajstić information content (AvgIpc) is 3.43. The fourth-order valence-electron chi connectivity index (χ4n) is 3.06. The van der Waals surface area contributed by atoms with E-state index in [9.17, 15) is 14.0 Å². The number of nitrogens with two attached hydrogens (primary N) is 1. The number of aryl methyl sites for hydroxylation is 1. The number of nitrogens with zero attached hydrogens (tertiary/aromatic N) is 2. The number of hydrogen-bond donors (Lipinski definition) is 3. The second-order valence-electron chi connectivity index (χ2n) is 7.10. The first kappa shape index (κ1) is 21.7. The predicted molar refractivity (Wildman–Crippen MR) is 118 cm³/mol. The van der Waals surface area contributed by atoms with Crippen LogP contribution in [0.2, 0.25) is 0 Å². The zero-order valence-electron chi connectivity index (χ0n) is 17.1. The molecular formula is C21H20FN5O4S. The summed E-state index contributed by atoms with van der Waals surface area (Å²) in [6.07, 6.45) is 3.61. The number of benzene rings is 1. The Balaban J connectivity index is 1.45. The van der Waals surface area contributed by atoms with E-state index in [0.717, 1.165) is 17.8 Å². The van der Waals surface area contributed by atoms with Gasteiger partial charge < -0.3 is 25.8 Å². The molecule has 11 heteroatoms. The molecule has 32 heavy (non-hydrogen) atoms. The highest BCUT2D eigenvalue weighted by Crippen LogP contribution is 2.24. The van der Waals surface area contributed by atoms with Gasteiger partial charge in [-0.1, -0.05) is 11.3 Å². The molecule has 1 fully saturated rings. The lowest BCUT2D eigenvalue weighted by Crippen LogP contribution is -2.18. The Labute approximate surface area is 186 Å². The summed E-state index contributed by atoms with van der Waals surface area (Å²) >= 11 is 1.02. The maximum absolute atomic E-state index is 14.5. The van der Waals surface area contributed by atoms with Gasteiger partial charge in [-0.3, -0.25) is 9.59 Å². The first-order chi connectivity index (χ1) is 15.4. The summed E-state index contributed by atoms with van der Waals surface area (Å²) < 4.78 is 25.5. The summed E-state index contributed by atoms with van der Waals surface area (Å²) in [5.41, 5.74) is 6.07. The van der Waals surface area contributed by atoms with Gasteiger partial charge in [-0.05, 0) is 36.8 Å². The molecule has 1 aromatic carbocycles. The summed E-state index contributed by atoms with van der Waals surface area (Å²) in [6.45, 7) is 2.81. The number of thiazole rings is 1. The average molecular weight is 457 g/mol. The SMILES string of the molecule is Cc1cc(F)c(C(=O)Nc2ccc(O[C@H]3CCOC3)cn2)cc1NC(=O)c1cnc(N)s1. The van der Waals surface area contributed by atoms with Gasteiger partial charge in [0.1, 0.15) is 28.4 Å². The number of ether oxygens (including phenoxy) is 2. The predicted octanol–water partition coefficient (Wildman–Crippen LogP) is 3.24. The Bertz CT molecular complexity index is 1150. The molecule has 0 saturated carbocycles. The lowest BCUT2D eigenvalue weighted by Gasteiger charge is -2.13. The van der Waals surface area contributed by atoms with Gasteiger partial charge in [0.15, 0.2) is 5.13 Å². The summed E-state index contributed by atoms with van der Waals surface area (Å²) in [4.78, 5) is 33.3. The lowest BCUT2D eigenvalue weighted by molar-refractivity contribution is 0.101. The van der Waals surface area contributed by atoms with Crippen LogP contribution in [0.25, 0.3) is 0 Å². The maximum Gasteiger partial charge on any atom is 0.267 e. The molecule has 1 aliphatic rings. The normalized spacial score (nSPS) is 15.4. The smallest absolute Gasteiger partial charge is 0.267 e. The van der Waals surface area contributed by atoms with Gasteiger partial charge >= 0.3 is 0 Å². The number of anilines is 3. The number of rotatable bonds is 6. The number of aromatic nitrogens is 2. The van der Waals surface area contributed by atoms with Crippen LogP contribution >= 0.6 is 11.3 Å². The van der Waals surface area contributed by atoms with Crippen molar-refractivity contribution in [3.63, 3.8) is 0 Å². The van der Waals surface area contributed by atoms with E-state index in [1.165, 1.54) is 24.5 Å². The first-order valence-corrected chi connectivity index (χ1v) is 10.6. The van der Waals surface area contributed by atoms with Crippen LogP contribution in [-0.4, -0.2) is 41.1 Å². The second-order valence-corrected chi connectivity index (χ2v) is 8.16. The van der Waals surface area contributed by atoms with E-state index in [4.69, 9.17) is 15.2 Å². The summed E-state index contributed by atoms with van der Waals surface area (Å²) in [5.74, 6) is -1.10. The van der Waals surface area contributed by atoms with E-state index in [1.54, 1.807) is 19.1 Å². The zero-order chi connectivity index (χ0) is 22.7. The molecule has 0 radical (unpaired) electrons. The Hall–Kier alpha value is -3.57. The molecule has 166 valence electrons. The van der Waals surface area contributed by atoms with Gasteiger partial charge in [0.2, 0.25) is 0 Å². The maximum atomic E-state index is 14.5. The molecule has 4 N–H and O–H groups in total. The number of carbonyl (C=O) groups excluding carboxylic acids is 2. The minimum Gasteiger partial charge on any atom is -0.486 e. The molecule has 1 atom stereocenters. The standard InChI is InChI=1S/C21H20FN5O4S/c1-11-6-15(22)14(7-16(11)26-20(29)17-9-25-21(23)32-17)19(28)27-18-3-2-12(8-24-18)31-13-4-5-30-10-13/h2-3,6-9,13H,4-5,10H2,1H3,(H2,23,25)(H,26,29)(H,24,27,28)/t13-/m0/s1. The van der Waals surface area contributed by atoms with Gasteiger partial charge in [0.25, 0.3) is 11.8 Å². The van der Waals surface area contributed by atoms with Crippen molar-refractivity contribution in [2.24, 2.45) is 0 Å². The Morgan fingerprint density at radius 2 is 2.06 bits per heavy atom. The van der Waals surface area contributed by atoms with Crippen LogP contribution in [0.3, 0.4) is 0 Å². The van der Waals surface area contributed by atoms with E-state index in [1.807, 2.05) is 0 Å². The molecule has 2 aromatic heterocycles. The Morgan fingerprint density at radius 3 is 2.72 bits per heavy atom. The van der Waals surface area contributed by atoms with E-state index in [0.29, 0.717) is 35.1 Å². The number of carbonyl (C=O) groups is 2. The van der Waals surface area contributed by atoms with E-state index in [-0.39, 0.29) is 22.6 Å². The Kier molecular flexibility index (Phi) is 6.28. The van der Waals surface area contributed by atoms with Crippen molar-refractivity contribution >= 4 is 39.8 Å². The van der Waals surface area contributed by atoms with Crippen LogP contribution in [-0.2, 0) is 4.74 Å². The summed E-state index contributed by atoms with van der Waals surface area (Å²) in [5, 5.41) is 5.46. The van der Waals surface area contributed by atoms with Crippen molar-refractivity contribution in [1.82, 2.24) is 9.97 Å². The molecule has 0 spiro atoms. The van der Waals surface area contributed by atoms with Crippen molar-refractivity contribution in [3.05, 3.63) is 58.5 Å². The highest BCUT2D eigenvalue weighted by atomic mass is 32.1. The third-order valence-corrected chi connectivity index (χ3v) is 5.55. The summed E-state index contributed by atoms with van der Waals surface area (Å²) in [7, 11) is 0. The van der Waals surface area contributed by atoms with Crippen LogP contribution in [0.1, 0.15) is 32.0 Å². The monoisotopic (exact) mass is 457 g/mol. The van der Waals surface area contributed by atoms with Crippen molar-refractivity contribution < 1.29 is 23.5 Å². The minimum atomic E-state index is -0.721. The molecule has 0 aliphatic carbocycles. The molecule has 1 aliphatic heterocycles. The third kappa shape index (κ3) is 5.01. The van der Waals surface area contributed by atoms with Gasteiger partial charge in [0.05, 0.1) is 31.2 Å². The number of amides is 2. The lowest BCUT2D eigenvalue weighted by atomic mass is 10.1. The number of nitrogens with one attached hydrogen (secondary N) is 2. The van der Waals surface area contributed by atoms with Gasteiger partial charge in [-0.25, -0.2) is 14.4 Å². The molecule has 3 heterocycles. The fraction of sp³-hybridized carbons (Fsp3) is 0.238. The highest BCUT2D eigenvalue weighted by Gasteiger charge is 2.19. The van der Waals surface area contributed by atoms with Crippen molar-refractivity contribution in [1.29, 1.82) is 0 Å². The van der Waals surface area contributed by atoms with E-state index in [2.05, 4.69) is 20.6 Å². The summed E-state index contributed by atoms with van der Waals surface area (Å²) in [6, 6.07) is 5.68. The second kappa shape index (κ2) is 9.28.